The highest BCUT2D eigenvalue weighted by Crippen LogP contribution is 2.30. The van der Waals surface area contributed by atoms with E-state index in [1.807, 2.05) is 40.7 Å². The molecule has 1 atom stereocenters. The zero-order valence-electron chi connectivity index (χ0n) is 17.0. The van der Waals surface area contributed by atoms with E-state index in [2.05, 4.69) is 10.6 Å². The third-order valence-corrected chi connectivity index (χ3v) is 5.80. The monoisotopic (exact) mass is 393 g/mol. The number of hydrogen-bond donors (Lipinski definition) is 2. The summed E-state index contributed by atoms with van der Waals surface area (Å²) in [4.78, 5) is 39.8. The van der Waals surface area contributed by atoms with E-state index in [1.165, 1.54) is 11.3 Å². The van der Waals surface area contributed by atoms with E-state index in [-0.39, 0.29) is 23.6 Å². The normalized spacial score (nSPS) is 17.5. The molecule has 0 bridgehead atoms. The van der Waals surface area contributed by atoms with Gasteiger partial charge in [0.2, 0.25) is 11.8 Å². The number of aryl methyl sites for hydroxylation is 1. The number of carbonyl (C=O) groups is 3. The van der Waals surface area contributed by atoms with Crippen LogP contribution < -0.4 is 10.6 Å². The van der Waals surface area contributed by atoms with Gasteiger partial charge in [0, 0.05) is 25.0 Å². The average molecular weight is 394 g/mol. The fourth-order valence-electron chi connectivity index (χ4n) is 2.97. The number of rotatable bonds is 5. The summed E-state index contributed by atoms with van der Waals surface area (Å²) in [7, 11) is 0. The van der Waals surface area contributed by atoms with Crippen molar-refractivity contribution in [2.75, 3.05) is 25.0 Å². The van der Waals surface area contributed by atoms with E-state index in [4.69, 9.17) is 0 Å². The minimum atomic E-state index is -0.492. The van der Waals surface area contributed by atoms with Gasteiger partial charge in [-0.1, -0.05) is 27.7 Å². The Morgan fingerprint density at radius 3 is 2.63 bits per heavy atom. The molecule has 1 aliphatic heterocycles. The first-order valence-electron chi connectivity index (χ1n) is 9.62. The molecule has 1 unspecified atom stereocenters. The molecule has 1 aromatic rings. The van der Waals surface area contributed by atoms with E-state index in [9.17, 15) is 14.4 Å². The van der Waals surface area contributed by atoms with Gasteiger partial charge in [0.1, 0.15) is 0 Å². The van der Waals surface area contributed by atoms with Crippen molar-refractivity contribution in [3.8, 4) is 0 Å². The number of likely N-dealkylation sites (tertiary alicyclic amines) is 1. The maximum Gasteiger partial charge on any atom is 0.264 e. The Morgan fingerprint density at radius 1 is 1.30 bits per heavy atom. The molecule has 1 aromatic heterocycles. The van der Waals surface area contributed by atoms with E-state index in [0.717, 1.165) is 24.8 Å². The predicted octanol–water partition coefficient (Wildman–Crippen LogP) is 3.42. The standard InChI is InChI=1S/C20H31N3O3S/c1-6-9-21-17(24)14-8-7-10-23(12-14)18(25)16-13(2)11-15(27-16)22-19(26)20(3,4)5/h11,14H,6-10,12H2,1-5H3,(H,21,24)(H,22,26). The van der Waals surface area contributed by atoms with Crippen LogP contribution in [0.2, 0.25) is 0 Å². The lowest BCUT2D eigenvalue weighted by molar-refractivity contribution is -0.126. The van der Waals surface area contributed by atoms with Crippen LogP contribution in [0.3, 0.4) is 0 Å². The van der Waals surface area contributed by atoms with Gasteiger partial charge >= 0.3 is 0 Å². The zero-order chi connectivity index (χ0) is 20.2. The Hall–Kier alpha value is -1.89. The molecule has 0 radical (unpaired) electrons. The van der Waals surface area contributed by atoms with Gasteiger partial charge in [-0.3, -0.25) is 14.4 Å². The second kappa shape index (κ2) is 8.87. The summed E-state index contributed by atoms with van der Waals surface area (Å²) in [6, 6.07) is 1.84. The van der Waals surface area contributed by atoms with Crippen molar-refractivity contribution in [1.29, 1.82) is 0 Å². The molecule has 1 fully saturated rings. The van der Waals surface area contributed by atoms with Crippen LogP contribution >= 0.6 is 11.3 Å². The number of piperidine rings is 1. The summed E-state index contributed by atoms with van der Waals surface area (Å²) < 4.78 is 0. The number of anilines is 1. The summed E-state index contributed by atoms with van der Waals surface area (Å²) in [6.07, 6.45) is 2.54. The smallest absolute Gasteiger partial charge is 0.264 e. The van der Waals surface area contributed by atoms with Gasteiger partial charge in [-0.05, 0) is 37.8 Å². The first-order valence-corrected chi connectivity index (χ1v) is 10.4. The number of carbonyl (C=O) groups excluding carboxylic acids is 3. The van der Waals surface area contributed by atoms with Crippen LogP contribution in [0, 0.1) is 18.3 Å². The van der Waals surface area contributed by atoms with Crippen LogP contribution in [-0.4, -0.2) is 42.3 Å². The third-order valence-electron chi connectivity index (χ3n) is 4.66. The van der Waals surface area contributed by atoms with E-state index < -0.39 is 5.41 Å². The van der Waals surface area contributed by atoms with Crippen LogP contribution in [0.4, 0.5) is 5.00 Å². The molecule has 0 spiro atoms. The summed E-state index contributed by atoms with van der Waals surface area (Å²) in [5, 5.41) is 6.51. The number of hydrogen-bond acceptors (Lipinski definition) is 4. The molecule has 0 aliphatic carbocycles. The van der Waals surface area contributed by atoms with Crippen LogP contribution in [-0.2, 0) is 9.59 Å². The Labute approximate surface area is 165 Å². The molecule has 0 saturated carbocycles. The van der Waals surface area contributed by atoms with Gasteiger partial charge in [-0.2, -0.15) is 0 Å². The summed E-state index contributed by atoms with van der Waals surface area (Å²) in [5.41, 5.74) is 0.361. The lowest BCUT2D eigenvalue weighted by Gasteiger charge is -2.32. The second-order valence-corrected chi connectivity index (χ2v) is 9.26. The quantitative estimate of drug-likeness (QED) is 0.804. The molecule has 27 heavy (non-hydrogen) atoms. The lowest BCUT2D eigenvalue weighted by Crippen LogP contribution is -2.45. The lowest BCUT2D eigenvalue weighted by atomic mass is 9.96. The maximum atomic E-state index is 13.0. The van der Waals surface area contributed by atoms with Gasteiger partial charge < -0.3 is 15.5 Å². The molecular weight excluding hydrogens is 362 g/mol. The molecule has 3 amide bonds. The fraction of sp³-hybridized carbons (Fsp3) is 0.650. The first-order chi connectivity index (χ1) is 12.6. The van der Waals surface area contributed by atoms with Gasteiger partial charge in [0.15, 0.2) is 0 Å². The fourth-order valence-corrected chi connectivity index (χ4v) is 4.00. The Balaban J connectivity index is 2.06. The zero-order valence-corrected chi connectivity index (χ0v) is 17.8. The Bertz CT molecular complexity index is 706. The molecule has 1 saturated heterocycles. The second-order valence-electron chi connectivity index (χ2n) is 8.21. The third kappa shape index (κ3) is 5.54. The molecular formula is C20H31N3O3S. The maximum absolute atomic E-state index is 13.0. The highest BCUT2D eigenvalue weighted by molar-refractivity contribution is 7.18. The number of nitrogens with zero attached hydrogens (tertiary/aromatic N) is 1. The van der Waals surface area contributed by atoms with Gasteiger partial charge in [0.25, 0.3) is 5.91 Å². The first kappa shape index (κ1) is 21.4. The Kier molecular flexibility index (Phi) is 7.03. The molecule has 2 rings (SSSR count). The summed E-state index contributed by atoms with van der Waals surface area (Å²) in [6.45, 7) is 11.3. The number of thiophene rings is 1. The van der Waals surface area contributed by atoms with E-state index >= 15 is 0 Å². The van der Waals surface area contributed by atoms with Crippen molar-refractivity contribution in [3.63, 3.8) is 0 Å². The minimum Gasteiger partial charge on any atom is -0.356 e. The van der Waals surface area contributed by atoms with Crippen molar-refractivity contribution in [1.82, 2.24) is 10.2 Å². The molecule has 7 heteroatoms. The highest BCUT2D eigenvalue weighted by Gasteiger charge is 2.30. The van der Waals surface area contributed by atoms with Gasteiger partial charge in [-0.15, -0.1) is 11.3 Å². The molecule has 1 aliphatic rings. The van der Waals surface area contributed by atoms with Crippen molar-refractivity contribution in [2.24, 2.45) is 11.3 Å². The highest BCUT2D eigenvalue weighted by atomic mass is 32.1. The molecule has 2 heterocycles. The van der Waals surface area contributed by atoms with Crippen molar-refractivity contribution in [3.05, 3.63) is 16.5 Å². The van der Waals surface area contributed by atoms with Crippen LogP contribution in [0.5, 0.6) is 0 Å². The van der Waals surface area contributed by atoms with E-state index in [1.54, 1.807) is 4.90 Å². The van der Waals surface area contributed by atoms with Gasteiger partial charge in [-0.25, -0.2) is 0 Å². The minimum absolute atomic E-state index is 0.0374. The Morgan fingerprint density at radius 2 is 2.00 bits per heavy atom. The summed E-state index contributed by atoms with van der Waals surface area (Å²) >= 11 is 1.31. The van der Waals surface area contributed by atoms with Crippen LogP contribution in [0.25, 0.3) is 0 Å². The number of nitrogens with one attached hydrogen (secondary N) is 2. The molecule has 0 aromatic carbocycles. The predicted molar refractivity (Wildman–Crippen MR) is 109 cm³/mol. The summed E-state index contributed by atoms with van der Waals surface area (Å²) in [5.74, 6) is -0.236. The van der Waals surface area contributed by atoms with Crippen molar-refractivity contribution >= 4 is 34.1 Å². The number of amides is 3. The van der Waals surface area contributed by atoms with Crippen molar-refractivity contribution in [2.45, 2.75) is 53.9 Å². The molecule has 150 valence electrons. The average Bonchev–Trinajstić information content (AvgIpc) is 2.98. The molecule has 2 N–H and O–H groups in total. The largest absolute Gasteiger partial charge is 0.356 e. The van der Waals surface area contributed by atoms with Gasteiger partial charge in [0.05, 0.1) is 15.8 Å². The molecule has 6 nitrogen and oxygen atoms in total. The van der Waals surface area contributed by atoms with Crippen LogP contribution in [0.1, 0.15) is 62.2 Å². The SMILES string of the molecule is CCCNC(=O)C1CCCN(C(=O)c2sc(NC(=O)C(C)(C)C)cc2C)C1. The van der Waals surface area contributed by atoms with Crippen molar-refractivity contribution < 1.29 is 14.4 Å². The van der Waals surface area contributed by atoms with Crippen LogP contribution in [0.15, 0.2) is 6.07 Å². The van der Waals surface area contributed by atoms with E-state index in [0.29, 0.717) is 29.5 Å². The topological polar surface area (TPSA) is 78.5 Å².